The van der Waals surface area contributed by atoms with E-state index in [1.54, 1.807) is 41.8 Å². The molecular weight excluding hydrogens is 647 g/mol. The van der Waals surface area contributed by atoms with E-state index >= 15 is 0 Å². The molecule has 2 N–H and O–H groups in total. The fraction of sp³-hybridized carbons (Fsp3) is 0.256. The van der Waals surface area contributed by atoms with Gasteiger partial charge in [-0.2, -0.15) is 0 Å². The number of aromatic amines is 1. The molecule has 11 heteroatoms. The van der Waals surface area contributed by atoms with Crippen molar-refractivity contribution in [3.63, 3.8) is 0 Å². The normalized spacial score (nSPS) is 16.4. The Balaban J connectivity index is 0.927. The molecule has 50 heavy (non-hydrogen) atoms. The van der Waals surface area contributed by atoms with Gasteiger partial charge in [-0.25, -0.2) is 9.97 Å². The van der Waals surface area contributed by atoms with Crippen LogP contribution in [0.3, 0.4) is 0 Å². The van der Waals surface area contributed by atoms with Gasteiger partial charge in [-0.1, -0.05) is 12.1 Å². The van der Waals surface area contributed by atoms with Crippen LogP contribution in [0.25, 0.3) is 32.3 Å². The lowest BCUT2D eigenvalue weighted by Gasteiger charge is -2.53. The zero-order valence-electron chi connectivity index (χ0n) is 27.6. The van der Waals surface area contributed by atoms with Gasteiger partial charge in [0.05, 0.1) is 32.0 Å². The van der Waals surface area contributed by atoms with Crippen LogP contribution >= 0.6 is 11.3 Å². The van der Waals surface area contributed by atoms with Crippen LogP contribution in [0.15, 0.2) is 85.2 Å². The standard InChI is InChI=1S/C39H35N7O3S/c1-24-19-28(36(41-21-24)45-22-39(23-45)13-17-49-18-14-39)37(47)42-27-10-8-25(9-11-27)38(48)46-16-12-26-20-32(35-43-29-5-2-3-6-30(29)44-35)50-34(26)33-31(46)7-4-15-40-33/h2-11,15,19-21H,12-14,16-18,22-23H2,1H3,(H,42,47)(H,43,44). The number of para-hydroxylation sites is 2. The summed E-state index contributed by atoms with van der Waals surface area (Å²) in [4.78, 5) is 51.4. The fourth-order valence-electron chi connectivity index (χ4n) is 7.42. The Bertz CT molecular complexity index is 2230. The van der Waals surface area contributed by atoms with Gasteiger partial charge in [0.2, 0.25) is 0 Å². The number of carbonyl (C=O) groups is 2. The number of imidazole rings is 1. The molecule has 2 saturated heterocycles. The topological polar surface area (TPSA) is 116 Å². The van der Waals surface area contributed by atoms with Crippen LogP contribution in [0.4, 0.5) is 17.2 Å². The largest absolute Gasteiger partial charge is 0.381 e. The molecule has 10 nitrogen and oxygen atoms in total. The number of fused-ring (bicyclic) bond motifs is 4. The van der Waals surface area contributed by atoms with Crippen molar-refractivity contribution < 1.29 is 14.3 Å². The van der Waals surface area contributed by atoms with Gasteiger partial charge >= 0.3 is 0 Å². The number of thiophene rings is 1. The molecule has 3 aliphatic heterocycles. The first kappa shape index (κ1) is 30.7. The van der Waals surface area contributed by atoms with Crippen LogP contribution < -0.4 is 15.1 Å². The summed E-state index contributed by atoms with van der Waals surface area (Å²) in [6.45, 7) is 5.81. The molecule has 0 bridgehead atoms. The molecule has 6 aromatic rings. The van der Waals surface area contributed by atoms with Crippen molar-refractivity contribution in [1.82, 2.24) is 19.9 Å². The second kappa shape index (κ2) is 12.2. The third-order valence-corrected chi connectivity index (χ3v) is 11.3. The third-order valence-electron chi connectivity index (χ3n) is 10.1. The Labute approximate surface area is 293 Å². The maximum Gasteiger partial charge on any atom is 0.259 e. The number of benzene rings is 2. The number of nitrogens with zero attached hydrogens (tertiary/aromatic N) is 5. The number of ether oxygens (including phenoxy) is 1. The molecule has 0 radical (unpaired) electrons. The number of amides is 2. The van der Waals surface area contributed by atoms with Crippen LogP contribution in [0, 0.1) is 12.3 Å². The average molecular weight is 682 g/mol. The van der Waals surface area contributed by atoms with Gasteiger partial charge in [-0.05, 0) is 98.0 Å². The minimum atomic E-state index is -0.219. The third kappa shape index (κ3) is 5.43. The van der Waals surface area contributed by atoms with E-state index < -0.39 is 0 Å². The molecule has 0 unspecified atom stereocenters. The summed E-state index contributed by atoms with van der Waals surface area (Å²) in [5.74, 6) is 1.21. The summed E-state index contributed by atoms with van der Waals surface area (Å²) < 4.78 is 5.57. The smallest absolute Gasteiger partial charge is 0.259 e. The summed E-state index contributed by atoms with van der Waals surface area (Å²) in [5, 5.41) is 3.04. The first-order valence-corrected chi connectivity index (χ1v) is 17.8. The molecule has 1 spiro atoms. The second-order valence-electron chi connectivity index (χ2n) is 13.5. The number of hydrogen-bond acceptors (Lipinski definition) is 8. The Morgan fingerprint density at radius 2 is 1.80 bits per heavy atom. The maximum absolute atomic E-state index is 14.0. The van der Waals surface area contributed by atoms with Crippen molar-refractivity contribution in [2.45, 2.75) is 26.2 Å². The molecule has 0 saturated carbocycles. The van der Waals surface area contributed by atoms with Gasteiger partial charge in [-0.15, -0.1) is 11.3 Å². The van der Waals surface area contributed by atoms with E-state index in [4.69, 9.17) is 14.7 Å². The predicted molar refractivity (Wildman–Crippen MR) is 196 cm³/mol. The quantitative estimate of drug-likeness (QED) is 0.199. The van der Waals surface area contributed by atoms with Gasteiger partial charge in [0, 0.05) is 61.9 Å². The maximum atomic E-state index is 14.0. The summed E-state index contributed by atoms with van der Waals surface area (Å²) in [6.07, 6.45) is 6.36. The Morgan fingerprint density at radius 1 is 0.980 bits per heavy atom. The minimum absolute atomic E-state index is 0.116. The Kier molecular flexibility index (Phi) is 7.47. The molecule has 0 atom stereocenters. The van der Waals surface area contributed by atoms with E-state index in [1.165, 1.54) is 0 Å². The molecule has 0 aliphatic carbocycles. The molecule has 4 aromatic heterocycles. The summed E-state index contributed by atoms with van der Waals surface area (Å²) >= 11 is 1.64. The number of pyridine rings is 2. The second-order valence-corrected chi connectivity index (χ2v) is 14.6. The van der Waals surface area contributed by atoms with Gasteiger partial charge < -0.3 is 24.8 Å². The van der Waals surface area contributed by atoms with Crippen molar-refractivity contribution in [3.05, 3.63) is 107 Å². The van der Waals surface area contributed by atoms with Crippen LogP contribution in [0.2, 0.25) is 0 Å². The summed E-state index contributed by atoms with van der Waals surface area (Å²) in [7, 11) is 0. The van der Waals surface area contributed by atoms with Crippen LogP contribution in [0.1, 0.15) is 44.7 Å². The number of aromatic nitrogens is 4. The molecule has 7 heterocycles. The number of rotatable bonds is 5. The highest BCUT2D eigenvalue weighted by molar-refractivity contribution is 7.19. The van der Waals surface area contributed by atoms with Crippen molar-refractivity contribution in [2.24, 2.45) is 5.41 Å². The van der Waals surface area contributed by atoms with Gasteiger partial charge in [0.15, 0.2) is 0 Å². The molecule has 250 valence electrons. The lowest BCUT2D eigenvalue weighted by Crippen LogP contribution is -2.59. The van der Waals surface area contributed by atoms with Crippen molar-refractivity contribution in [1.29, 1.82) is 0 Å². The van der Waals surface area contributed by atoms with Crippen molar-refractivity contribution in [3.8, 4) is 21.3 Å². The fourth-order valence-corrected chi connectivity index (χ4v) is 8.58. The van der Waals surface area contributed by atoms with Crippen molar-refractivity contribution >= 4 is 51.4 Å². The van der Waals surface area contributed by atoms with Crippen molar-refractivity contribution in [2.75, 3.05) is 48.0 Å². The lowest BCUT2D eigenvalue weighted by molar-refractivity contribution is -0.000510. The van der Waals surface area contributed by atoms with E-state index in [0.29, 0.717) is 35.6 Å². The SMILES string of the molecule is Cc1cnc(N2CC3(CCOCC3)C2)c(C(=O)Nc2ccc(C(=O)N3CCc4cc(-c5nc6ccccc6[nH]5)sc4-c4ncccc43)cc2)c1. The highest BCUT2D eigenvalue weighted by Crippen LogP contribution is 2.44. The summed E-state index contributed by atoms with van der Waals surface area (Å²) in [5.41, 5.74) is 7.52. The number of nitrogens with one attached hydrogen (secondary N) is 2. The Hall–Kier alpha value is -5.39. The molecule has 9 rings (SSSR count). The Morgan fingerprint density at radius 3 is 2.62 bits per heavy atom. The van der Waals surface area contributed by atoms with Gasteiger partial charge in [0.1, 0.15) is 17.3 Å². The zero-order valence-corrected chi connectivity index (χ0v) is 28.4. The van der Waals surface area contributed by atoms with E-state index in [0.717, 1.165) is 88.3 Å². The molecule has 2 fully saturated rings. The van der Waals surface area contributed by atoms with E-state index in [1.807, 2.05) is 60.5 Å². The number of H-pyrrole nitrogens is 1. The van der Waals surface area contributed by atoms with Gasteiger partial charge in [0.25, 0.3) is 11.8 Å². The van der Waals surface area contributed by atoms with Crippen LogP contribution in [-0.4, -0.2) is 64.6 Å². The number of carbonyl (C=O) groups excluding carboxylic acids is 2. The number of anilines is 3. The predicted octanol–water partition coefficient (Wildman–Crippen LogP) is 7.13. The monoisotopic (exact) mass is 681 g/mol. The number of hydrogen-bond donors (Lipinski definition) is 2. The van der Waals surface area contributed by atoms with E-state index in [-0.39, 0.29) is 17.2 Å². The van der Waals surface area contributed by atoms with Gasteiger partial charge in [-0.3, -0.25) is 14.6 Å². The molecule has 2 amide bonds. The zero-order chi connectivity index (χ0) is 33.8. The molecular formula is C39H35N7O3S. The molecule has 2 aromatic carbocycles. The lowest BCUT2D eigenvalue weighted by atomic mass is 9.73. The highest BCUT2D eigenvalue weighted by atomic mass is 32.1. The molecule has 3 aliphatic rings. The average Bonchev–Trinajstić information content (AvgIpc) is 3.73. The highest BCUT2D eigenvalue weighted by Gasteiger charge is 2.45. The van der Waals surface area contributed by atoms with E-state index in [9.17, 15) is 9.59 Å². The number of aryl methyl sites for hydroxylation is 1. The van der Waals surface area contributed by atoms with Crippen LogP contribution in [0.5, 0.6) is 0 Å². The first-order chi connectivity index (χ1) is 24.4. The van der Waals surface area contributed by atoms with Crippen LogP contribution in [-0.2, 0) is 11.2 Å². The minimum Gasteiger partial charge on any atom is -0.381 e. The first-order valence-electron chi connectivity index (χ1n) is 17.0. The summed E-state index contributed by atoms with van der Waals surface area (Å²) in [6, 6.07) is 23.0. The van der Waals surface area contributed by atoms with E-state index in [2.05, 4.69) is 26.3 Å².